The van der Waals surface area contributed by atoms with Crippen LogP contribution >= 0.6 is 0 Å². The molecule has 1 amide bonds. The van der Waals surface area contributed by atoms with Crippen LogP contribution < -0.4 is 15.8 Å². The predicted octanol–water partition coefficient (Wildman–Crippen LogP) is 3.60. The number of carbonyl (C=O) groups is 1. The van der Waals surface area contributed by atoms with Crippen molar-refractivity contribution in [1.82, 2.24) is 19.9 Å². The van der Waals surface area contributed by atoms with E-state index in [1.165, 1.54) is 29.9 Å². The molecule has 0 aliphatic rings. The average molecular weight is 434 g/mol. The molecule has 0 saturated heterocycles. The highest BCUT2D eigenvalue weighted by atomic mass is 16.6. The number of nitro benzene ring substituents is 1. The van der Waals surface area contributed by atoms with Crippen LogP contribution in [0.3, 0.4) is 0 Å². The molecule has 0 radical (unpaired) electrons. The van der Waals surface area contributed by atoms with Crippen molar-refractivity contribution in [2.24, 2.45) is 0 Å². The van der Waals surface area contributed by atoms with E-state index in [1.807, 2.05) is 26.0 Å². The van der Waals surface area contributed by atoms with Crippen LogP contribution in [0.5, 0.6) is 5.75 Å². The number of carbonyl (C=O) groups excluding carboxylic acids is 1. The monoisotopic (exact) mass is 434 g/mol. The number of nitrogens with two attached hydrogens (primary N) is 1. The lowest BCUT2D eigenvalue weighted by atomic mass is 10.2. The van der Waals surface area contributed by atoms with E-state index in [2.05, 4.69) is 15.3 Å². The smallest absolute Gasteiger partial charge is 0.271 e. The van der Waals surface area contributed by atoms with Crippen LogP contribution in [0.15, 0.2) is 42.5 Å². The Balaban J connectivity index is 2.08. The summed E-state index contributed by atoms with van der Waals surface area (Å²) in [6, 6.07) is 11.3. The largest absolute Gasteiger partial charge is 0.495 e. The quantitative estimate of drug-likeness (QED) is 0.349. The van der Waals surface area contributed by atoms with Crippen LogP contribution in [0.2, 0.25) is 0 Å². The van der Waals surface area contributed by atoms with Crippen LogP contribution in [-0.2, 0) is 0 Å². The second kappa shape index (κ2) is 8.14. The summed E-state index contributed by atoms with van der Waals surface area (Å²) in [6.07, 6.45) is 0.734. The van der Waals surface area contributed by atoms with Crippen LogP contribution in [0, 0.1) is 10.1 Å². The summed E-state index contributed by atoms with van der Waals surface area (Å²) in [5.74, 6) is 0.00697. The van der Waals surface area contributed by atoms with Crippen LogP contribution in [0.4, 0.5) is 11.5 Å². The molecule has 1 atom stereocenters. The number of rotatable bonds is 6. The van der Waals surface area contributed by atoms with E-state index < -0.39 is 10.8 Å². The maximum absolute atomic E-state index is 13.1. The van der Waals surface area contributed by atoms with Gasteiger partial charge in [0.2, 0.25) is 0 Å². The molecule has 0 bridgehead atoms. The fraction of sp³-hybridized carbons (Fsp3) is 0.227. The number of nitrogens with one attached hydrogen (secondary N) is 1. The van der Waals surface area contributed by atoms with Gasteiger partial charge in [-0.3, -0.25) is 19.5 Å². The summed E-state index contributed by atoms with van der Waals surface area (Å²) in [4.78, 5) is 33.4. The number of hydrogen-bond donors (Lipinski definition) is 2. The molecule has 0 spiro atoms. The van der Waals surface area contributed by atoms with Gasteiger partial charge in [0.05, 0.1) is 28.8 Å². The van der Waals surface area contributed by atoms with Gasteiger partial charge < -0.3 is 15.8 Å². The highest BCUT2D eigenvalue weighted by Crippen LogP contribution is 2.36. The number of aromatic nitrogens is 3. The number of ether oxygens (including phenoxy) is 1. The van der Waals surface area contributed by atoms with E-state index in [-0.39, 0.29) is 28.8 Å². The zero-order chi connectivity index (χ0) is 23.0. The minimum absolute atomic E-state index is 0.0647. The second-order valence-electron chi connectivity index (χ2n) is 7.38. The average Bonchev–Trinajstić information content (AvgIpc) is 3.07. The number of hydrogen-bond acceptors (Lipinski definition) is 7. The zero-order valence-electron chi connectivity index (χ0n) is 17.8. The van der Waals surface area contributed by atoms with Crippen molar-refractivity contribution < 1.29 is 14.5 Å². The molecule has 2 aromatic heterocycles. The first-order valence-corrected chi connectivity index (χ1v) is 10.1. The normalized spacial score (nSPS) is 12.1. The fourth-order valence-corrected chi connectivity index (χ4v) is 3.49. The summed E-state index contributed by atoms with van der Waals surface area (Å²) < 4.78 is 6.91. The van der Waals surface area contributed by atoms with Crippen LogP contribution in [0.1, 0.15) is 30.6 Å². The third-order valence-electron chi connectivity index (χ3n) is 5.33. The lowest BCUT2D eigenvalue weighted by Crippen LogP contribution is -2.32. The Kier molecular flexibility index (Phi) is 5.35. The molecule has 2 aromatic carbocycles. The zero-order valence-corrected chi connectivity index (χ0v) is 17.8. The van der Waals surface area contributed by atoms with Gasteiger partial charge in [-0.05, 0) is 31.5 Å². The van der Waals surface area contributed by atoms with Crippen molar-refractivity contribution in [3.8, 4) is 11.4 Å². The van der Waals surface area contributed by atoms with E-state index >= 15 is 0 Å². The Labute approximate surface area is 183 Å². The molecule has 4 rings (SSSR count). The highest BCUT2D eigenvalue weighted by Gasteiger charge is 2.27. The third-order valence-corrected chi connectivity index (χ3v) is 5.33. The number of nitro groups is 1. The molecule has 10 nitrogen and oxygen atoms in total. The molecule has 0 aliphatic heterocycles. The molecule has 3 N–H and O–H groups in total. The number of para-hydroxylation sites is 2. The van der Waals surface area contributed by atoms with E-state index in [9.17, 15) is 14.9 Å². The molecule has 164 valence electrons. The lowest BCUT2D eigenvalue weighted by Gasteiger charge is -2.13. The Morgan fingerprint density at radius 3 is 2.56 bits per heavy atom. The number of anilines is 1. The standard InChI is InChI=1S/C22H22N6O4/c1-4-12(2)24-22(29)18-19-21(26-15-8-6-5-7-14(15)25-19)27(20(18)23)16-11-13(28(30)31)9-10-17(16)32-3/h5-12H,4,23H2,1-3H3,(H,24,29). The molecule has 1 unspecified atom stereocenters. The molecule has 0 saturated carbocycles. The number of fused-ring (bicyclic) bond motifs is 2. The summed E-state index contributed by atoms with van der Waals surface area (Å²) in [5, 5.41) is 14.3. The van der Waals surface area contributed by atoms with Gasteiger partial charge in [-0.25, -0.2) is 9.97 Å². The van der Waals surface area contributed by atoms with Gasteiger partial charge >= 0.3 is 0 Å². The molecule has 4 aromatic rings. The molecule has 2 heterocycles. The number of methoxy groups -OCH3 is 1. The molecule has 0 aliphatic carbocycles. The van der Waals surface area contributed by atoms with Crippen molar-refractivity contribution in [3.05, 3.63) is 58.1 Å². The van der Waals surface area contributed by atoms with E-state index in [1.54, 1.807) is 12.1 Å². The van der Waals surface area contributed by atoms with Gasteiger partial charge in [-0.15, -0.1) is 0 Å². The summed E-state index contributed by atoms with van der Waals surface area (Å²) in [5.41, 5.74) is 8.57. The van der Waals surface area contributed by atoms with Crippen molar-refractivity contribution in [3.63, 3.8) is 0 Å². The topological polar surface area (TPSA) is 138 Å². The second-order valence-corrected chi connectivity index (χ2v) is 7.38. The first-order chi connectivity index (χ1) is 15.3. The van der Waals surface area contributed by atoms with Gasteiger partial charge in [0.15, 0.2) is 5.65 Å². The van der Waals surface area contributed by atoms with Gasteiger partial charge in [0.25, 0.3) is 11.6 Å². The molecular formula is C22H22N6O4. The van der Waals surface area contributed by atoms with Crippen LogP contribution in [0.25, 0.3) is 27.9 Å². The summed E-state index contributed by atoms with van der Waals surface area (Å²) >= 11 is 0. The number of nitrogen functional groups attached to an aromatic ring is 1. The Hall–Kier alpha value is -4.21. The number of non-ortho nitro benzene ring substituents is 1. The summed E-state index contributed by atoms with van der Waals surface area (Å²) in [7, 11) is 1.45. The first kappa shape index (κ1) is 21.0. The molecule has 32 heavy (non-hydrogen) atoms. The number of amides is 1. The van der Waals surface area contributed by atoms with Crippen molar-refractivity contribution >= 4 is 39.6 Å². The Morgan fingerprint density at radius 2 is 1.94 bits per heavy atom. The van der Waals surface area contributed by atoms with E-state index in [0.717, 1.165) is 6.42 Å². The first-order valence-electron chi connectivity index (χ1n) is 10.1. The maximum Gasteiger partial charge on any atom is 0.271 e. The van der Waals surface area contributed by atoms with E-state index in [4.69, 9.17) is 10.5 Å². The van der Waals surface area contributed by atoms with Crippen molar-refractivity contribution in [1.29, 1.82) is 0 Å². The fourth-order valence-electron chi connectivity index (χ4n) is 3.49. The third kappa shape index (κ3) is 3.45. The SMILES string of the molecule is CCC(C)NC(=O)c1c(N)n(-c2cc([N+](=O)[O-])ccc2OC)c2nc3ccccc3nc12. The van der Waals surface area contributed by atoms with Gasteiger partial charge in [-0.2, -0.15) is 0 Å². The van der Waals surface area contributed by atoms with Crippen molar-refractivity contribution in [2.45, 2.75) is 26.3 Å². The minimum Gasteiger partial charge on any atom is -0.495 e. The number of nitrogens with zero attached hydrogens (tertiary/aromatic N) is 4. The van der Waals surface area contributed by atoms with Gasteiger partial charge in [0.1, 0.15) is 22.6 Å². The Bertz CT molecular complexity index is 1360. The minimum atomic E-state index is -0.511. The molecule has 10 heteroatoms. The van der Waals surface area contributed by atoms with Crippen LogP contribution in [-0.4, -0.2) is 38.5 Å². The maximum atomic E-state index is 13.1. The van der Waals surface area contributed by atoms with Crippen molar-refractivity contribution in [2.75, 3.05) is 12.8 Å². The lowest BCUT2D eigenvalue weighted by molar-refractivity contribution is -0.384. The summed E-state index contributed by atoms with van der Waals surface area (Å²) in [6.45, 7) is 3.84. The molecular weight excluding hydrogens is 412 g/mol. The number of benzene rings is 2. The highest BCUT2D eigenvalue weighted by molar-refractivity contribution is 6.11. The van der Waals surface area contributed by atoms with Gasteiger partial charge in [0, 0.05) is 18.2 Å². The predicted molar refractivity (Wildman–Crippen MR) is 121 cm³/mol. The molecule has 0 fully saturated rings. The van der Waals surface area contributed by atoms with E-state index in [0.29, 0.717) is 27.9 Å². The van der Waals surface area contributed by atoms with Gasteiger partial charge in [-0.1, -0.05) is 19.1 Å². The Morgan fingerprint density at radius 1 is 1.25 bits per heavy atom.